The van der Waals surface area contributed by atoms with E-state index in [1.54, 1.807) is 24.3 Å². The monoisotopic (exact) mass is 491 g/mol. The highest BCUT2D eigenvalue weighted by Crippen LogP contribution is 2.41. The van der Waals surface area contributed by atoms with Gasteiger partial charge in [0.2, 0.25) is 11.6 Å². The molecule has 0 aliphatic carbocycles. The Kier molecular flexibility index (Phi) is 5.95. The second-order valence-corrected chi connectivity index (χ2v) is 8.47. The predicted molar refractivity (Wildman–Crippen MR) is 138 cm³/mol. The van der Waals surface area contributed by atoms with E-state index >= 15 is 0 Å². The Labute approximate surface area is 211 Å². The number of benzene rings is 4. The van der Waals surface area contributed by atoms with Crippen molar-refractivity contribution < 1.29 is 30.0 Å². The molecule has 5 rings (SSSR count). The molecule has 5 N–H and O–H groups in total. The molecule has 1 heterocycles. The molecule has 0 amide bonds. The number of aromatic nitrogens is 1. The second-order valence-electron chi connectivity index (χ2n) is 8.47. The normalized spacial score (nSPS) is 10.8. The summed E-state index contributed by atoms with van der Waals surface area (Å²) in [4.78, 5) is 30.5. The Balaban J connectivity index is 1.81. The highest BCUT2D eigenvalue weighted by Gasteiger charge is 2.29. The molecule has 1 aromatic heterocycles. The zero-order valence-corrected chi connectivity index (χ0v) is 19.3. The molecule has 0 saturated heterocycles. The molecule has 0 bridgehead atoms. The van der Waals surface area contributed by atoms with Crippen LogP contribution >= 0.6 is 0 Å². The smallest absolute Gasteiger partial charge is 0.209 e. The number of rotatable bonds is 6. The number of carbonyl (C=O) groups excluding carboxylic acids is 2. The number of phenols is 4. The van der Waals surface area contributed by atoms with Crippen LogP contribution in [0.15, 0.2) is 97.1 Å². The van der Waals surface area contributed by atoms with Gasteiger partial charge in [0.1, 0.15) is 23.0 Å². The molecule has 0 spiro atoms. The first-order chi connectivity index (χ1) is 17.8. The van der Waals surface area contributed by atoms with Crippen LogP contribution in [0.3, 0.4) is 0 Å². The van der Waals surface area contributed by atoms with Gasteiger partial charge in [-0.05, 0) is 83.9 Å². The van der Waals surface area contributed by atoms with Gasteiger partial charge in [-0.1, -0.05) is 24.3 Å². The molecule has 0 saturated carbocycles. The maximum Gasteiger partial charge on any atom is 0.209 e. The van der Waals surface area contributed by atoms with Gasteiger partial charge in [-0.2, -0.15) is 0 Å². The molecule has 0 atom stereocenters. The topological polar surface area (TPSA) is 131 Å². The van der Waals surface area contributed by atoms with Crippen LogP contribution in [0.2, 0.25) is 0 Å². The lowest BCUT2D eigenvalue weighted by Gasteiger charge is -2.10. The summed E-state index contributed by atoms with van der Waals surface area (Å²) in [5.41, 5.74) is 2.88. The lowest BCUT2D eigenvalue weighted by molar-refractivity contribution is 0.103. The van der Waals surface area contributed by atoms with E-state index in [2.05, 4.69) is 4.98 Å². The van der Waals surface area contributed by atoms with Gasteiger partial charge in [-0.25, -0.2) is 0 Å². The van der Waals surface area contributed by atoms with Crippen molar-refractivity contribution in [3.63, 3.8) is 0 Å². The molecule has 0 unspecified atom stereocenters. The van der Waals surface area contributed by atoms with Crippen LogP contribution in [-0.4, -0.2) is 37.0 Å². The van der Waals surface area contributed by atoms with Gasteiger partial charge >= 0.3 is 0 Å². The molecule has 4 aromatic carbocycles. The average Bonchev–Trinajstić information content (AvgIpc) is 3.30. The van der Waals surface area contributed by atoms with Crippen molar-refractivity contribution in [2.24, 2.45) is 0 Å². The number of aromatic amines is 1. The van der Waals surface area contributed by atoms with Gasteiger partial charge < -0.3 is 25.4 Å². The first kappa shape index (κ1) is 23.4. The summed E-state index contributed by atoms with van der Waals surface area (Å²) in [7, 11) is 0. The number of H-pyrrole nitrogens is 1. The van der Waals surface area contributed by atoms with Crippen molar-refractivity contribution in [1.29, 1.82) is 0 Å². The molecule has 0 aliphatic rings. The van der Waals surface area contributed by atoms with E-state index in [0.29, 0.717) is 33.4 Å². The lowest BCUT2D eigenvalue weighted by Crippen LogP contribution is -2.06. The molecule has 7 heteroatoms. The van der Waals surface area contributed by atoms with Crippen LogP contribution in [0.25, 0.3) is 22.3 Å². The van der Waals surface area contributed by atoms with Crippen molar-refractivity contribution in [3.8, 4) is 45.3 Å². The van der Waals surface area contributed by atoms with E-state index in [4.69, 9.17) is 0 Å². The SMILES string of the molecule is O=C(c1ccc(O)cc1)c1[nH]c(C(=O)c2ccc(O)cc2)c(-c2ccc(O)cc2)c1-c1ccc(O)cc1. The van der Waals surface area contributed by atoms with Crippen molar-refractivity contribution in [3.05, 3.63) is 120 Å². The standard InChI is InChI=1S/C30H21NO6/c32-21-9-1-17(2-10-21)25-26(18-3-11-22(33)12-4-18)28(30(37)20-7-15-24(35)16-8-20)31-27(25)29(36)19-5-13-23(34)14-6-19/h1-16,31-35H. The fourth-order valence-corrected chi connectivity index (χ4v) is 4.19. The molecular formula is C30H21NO6. The molecule has 182 valence electrons. The zero-order chi connectivity index (χ0) is 26.1. The minimum Gasteiger partial charge on any atom is -0.508 e. The lowest BCUT2D eigenvalue weighted by atomic mass is 9.91. The van der Waals surface area contributed by atoms with Crippen molar-refractivity contribution in [2.45, 2.75) is 0 Å². The maximum absolute atomic E-state index is 13.7. The first-order valence-corrected chi connectivity index (χ1v) is 11.3. The number of hydrogen-bond donors (Lipinski definition) is 5. The quantitative estimate of drug-likeness (QED) is 0.196. The third kappa shape index (κ3) is 4.53. The summed E-state index contributed by atoms with van der Waals surface area (Å²) in [6.07, 6.45) is 0. The Morgan fingerprint density at radius 3 is 1.00 bits per heavy atom. The number of carbonyl (C=O) groups is 2. The molecule has 37 heavy (non-hydrogen) atoms. The van der Waals surface area contributed by atoms with Crippen molar-refractivity contribution >= 4 is 11.6 Å². The summed E-state index contributed by atoms with van der Waals surface area (Å²) < 4.78 is 0. The van der Waals surface area contributed by atoms with Gasteiger partial charge in [0, 0.05) is 22.3 Å². The Hall–Kier alpha value is -5.30. The summed E-state index contributed by atoms with van der Waals surface area (Å²) in [5, 5.41) is 39.1. The molecule has 5 aromatic rings. The number of phenolic OH excluding ortho intramolecular Hbond substituents is 4. The van der Waals surface area contributed by atoms with Crippen molar-refractivity contribution in [1.82, 2.24) is 4.98 Å². The van der Waals surface area contributed by atoms with Gasteiger partial charge in [-0.3, -0.25) is 9.59 Å². The maximum atomic E-state index is 13.7. The van der Waals surface area contributed by atoms with Crippen molar-refractivity contribution in [2.75, 3.05) is 0 Å². The molecule has 0 fully saturated rings. The Morgan fingerprint density at radius 2 is 0.703 bits per heavy atom. The van der Waals surface area contributed by atoms with E-state index in [9.17, 15) is 30.0 Å². The largest absolute Gasteiger partial charge is 0.508 e. The minimum absolute atomic E-state index is 0.00905. The fourth-order valence-electron chi connectivity index (χ4n) is 4.19. The van der Waals surface area contributed by atoms with Gasteiger partial charge in [-0.15, -0.1) is 0 Å². The molecule has 0 radical (unpaired) electrons. The fraction of sp³-hybridized carbons (Fsp3) is 0. The van der Waals surface area contributed by atoms with E-state index in [-0.39, 0.29) is 34.4 Å². The molecule has 7 nitrogen and oxygen atoms in total. The van der Waals surface area contributed by atoms with E-state index in [0.717, 1.165) is 0 Å². The van der Waals surface area contributed by atoms with Crippen LogP contribution in [0, 0.1) is 0 Å². The summed E-state index contributed by atoms with van der Waals surface area (Å²) >= 11 is 0. The van der Waals surface area contributed by atoms with Gasteiger partial charge in [0.15, 0.2) is 0 Å². The third-order valence-electron chi connectivity index (χ3n) is 6.03. The molecule has 0 aliphatic heterocycles. The third-order valence-corrected chi connectivity index (χ3v) is 6.03. The first-order valence-electron chi connectivity index (χ1n) is 11.3. The summed E-state index contributed by atoms with van der Waals surface area (Å²) in [5.74, 6) is -0.722. The number of hydrogen-bond acceptors (Lipinski definition) is 6. The van der Waals surface area contributed by atoms with Crippen LogP contribution in [0.5, 0.6) is 23.0 Å². The van der Waals surface area contributed by atoms with Gasteiger partial charge in [0.05, 0.1) is 11.4 Å². The van der Waals surface area contributed by atoms with Gasteiger partial charge in [0.25, 0.3) is 0 Å². The summed E-state index contributed by atoms with van der Waals surface area (Å²) in [6, 6.07) is 24.1. The summed E-state index contributed by atoms with van der Waals surface area (Å²) in [6.45, 7) is 0. The van der Waals surface area contributed by atoms with Crippen LogP contribution in [0.1, 0.15) is 32.1 Å². The Bertz CT molecular complexity index is 1480. The number of ketones is 2. The number of aromatic hydroxyl groups is 4. The number of nitrogens with one attached hydrogen (secondary N) is 1. The second kappa shape index (κ2) is 9.39. The average molecular weight is 491 g/mol. The predicted octanol–water partition coefficient (Wildman–Crippen LogP) is 5.63. The van der Waals surface area contributed by atoms with E-state index in [1.165, 1.54) is 72.8 Å². The van der Waals surface area contributed by atoms with Crippen LogP contribution in [-0.2, 0) is 0 Å². The molecular weight excluding hydrogens is 470 g/mol. The minimum atomic E-state index is -0.409. The van der Waals surface area contributed by atoms with Crippen LogP contribution < -0.4 is 0 Å². The highest BCUT2D eigenvalue weighted by atomic mass is 16.3. The zero-order valence-electron chi connectivity index (χ0n) is 19.3. The van der Waals surface area contributed by atoms with Crippen LogP contribution in [0.4, 0.5) is 0 Å². The highest BCUT2D eigenvalue weighted by molar-refractivity contribution is 6.20. The van der Waals surface area contributed by atoms with E-state index in [1.807, 2.05) is 0 Å². The Morgan fingerprint density at radius 1 is 0.432 bits per heavy atom. The van der Waals surface area contributed by atoms with E-state index < -0.39 is 11.6 Å².